The topological polar surface area (TPSA) is 96.5 Å². The number of carbonyl (C=O) groups excluding carboxylic acids is 4. The van der Waals surface area contributed by atoms with Crippen molar-refractivity contribution in [2.75, 3.05) is 13.2 Å². The first-order valence-corrected chi connectivity index (χ1v) is 9.49. The molecule has 0 spiro atoms. The molecule has 7 heteroatoms. The van der Waals surface area contributed by atoms with Gasteiger partial charge in [-0.05, 0) is 39.2 Å². The van der Waals surface area contributed by atoms with Gasteiger partial charge in [0.1, 0.15) is 0 Å². The average molecular weight is 374 g/mol. The van der Waals surface area contributed by atoms with Crippen LogP contribution in [0.4, 0.5) is 0 Å². The molecule has 2 heterocycles. The summed E-state index contributed by atoms with van der Waals surface area (Å²) < 4.78 is 5.19. The van der Waals surface area contributed by atoms with Crippen LogP contribution in [0.15, 0.2) is 0 Å². The number of nitrogens with zero attached hydrogens (tertiary/aromatic N) is 1. The summed E-state index contributed by atoms with van der Waals surface area (Å²) in [5.74, 6) is -1.52. The fourth-order valence-corrected chi connectivity index (χ4v) is 4.34. The lowest BCUT2D eigenvalue weighted by molar-refractivity contribution is -0.147. The molecule has 1 aromatic heterocycles. The fraction of sp³-hybridized carbons (Fsp3) is 0.600. The average Bonchev–Trinajstić information content (AvgIpc) is 3.31. The Labute approximate surface area is 158 Å². The van der Waals surface area contributed by atoms with Crippen LogP contribution < -0.4 is 0 Å². The molecule has 2 fully saturated rings. The van der Waals surface area contributed by atoms with Gasteiger partial charge >= 0.3 is 5.97 Å². The van der Waals surface area contributed by atoms with Crippen molar-refractivity contribution >= 4 is 23.4 Å². The van der Waals surface area contributed by atoms with Gasteiger partial charge in [0.2, 0.25) is 11.7 Å². The number of hydrogen-bond acceptors (Lipinski definition) is 5. The number of rotatable bonds is 6. The molecule has 7 nitrogen and oxygen atoms in total. The number of aromatic nitrogens is 1. The summed E-state index contributed by atoms with van der Waals surface area (Å²) in [6.07, 6.45) is 4.38. The third-order valence-electron chi connectivity index (χ3n) is 5.67. The molecular formula is C20H26N2O5. The molecule has 1 saturated heterocycles. The Kier molecular flexibility index (Phi) is 5.48. The summed E-state index contributed by atoms with van der Waals surface area (Å²) in [6.45, 7) is 4.86. The number of Topliss-reactive ketones (excluding diaryl/α,β-unsaturated/α-hetero) is 2. The number of esters is 1. The molecule has 0 unspecified atom stereocenters. The van der Waals surface area contributed by atoms with Crippen LogP contribution in [-0.2, 0) is 14.3 Å². The van der Waals surface area contributed by atoms with Crippen molar-refractivity contribution in [3.63, 3.8) is 0 Å². The first-order valence-electron chi connectivity index (χ1n) is 9.49. The molecule has 0 radical (unpaired) electrons. The highest BCUT2D eigenvalue weighted by atomic mass is 16.5. The van der Waals surface area contributed by atoms with Crippen LogP contribution in [0.2, 0.25) is 0 Å². The third kappa shape index (κ3) is 3.82. The van der Waals surface area contributed by atoms with Gasteiger partial charge < -0.3 is 14.6 Å². The zero-order chi connectivity index (χ0) is 19.7. The minimum absolute atomic E-state index is 0.00267. The molecule has 0 aromatic carbocycles. The van der Waals surface area contributed by atoms with Gasteiger partial charge in [0.05, 0.1) is 11.6 Å². The van der Waals surface area contributed by atoms with Crippen LogP contribution in [-0.4, -0.2) is 52.5 Å². The maximum absolute atomic E-state index is 12.4. The maximum atomic E-state index is 12.4. The monoisotopic (exact) mass is 374 g/mol. The van der Waals surface area contributed by atoms with Crippen LogP contribution in [0.25, 0.3) is 0 Å². The van der Waals surface area contributed by atoms with Crippen molar-refractivity contribution < 1.29 is 23.9 Å². The predicted molar refractivity (Wildman–Crippen MR) is 97.6 cm³/mol. The molecule has 1 aliphatic heterocycles. The van der Waals surface area contributed by atoms with Gasteiger partial charge in [0.15, 0.2) is 12.4 Å². The molecule has 1 aromatic rings. The standard InChI is InChI=1S/C20H26N2O5/c1-11-18(13(3)23)12(2)21-19(11)16(24)10-27-20(26)14-8-17(25)22(9-14)15-6-4-5-7-15/h14-15,21H,4-10H2,1-3H3/t14-/m0/s1. The van der Waals surface area contributed by atoms with E-state index in [1.54, 1.807) is 18.7 Å². The van der Waals surface area contributed by atoms with E-state index in [1.807, 2.05) is 0 Å². The van der Waals surface area contributed by atoms with E-state index in [4.69, 9.17) is 4.74 Å². The van der Waals surface area contributed by atoms with Crippen molar-refractivity contribution in [2.24, 2.45) is 5.92 Å². The van der Waals surface area contributed by atoms with E-state index in [1.165, 1.54) is 6.92 Å². The number of amides is 1. The number of nitrogens with one attached hydrogen (secondary N) is 1. The summed E-state index contributed by atoms with van der Waals surface area (Å²) in [7, 11) is 0. The number of ketones is 2. The molecule has 3 rings (SSSR count). The highest BCUT2D eigenvalue weighted by Crippen LogP contribution is 2.30. The number of H-pyrrole nitrogens is 1. The normalized spacial score (nSPS) is 20.3. The molecule has 1 amide bonds. The van der Waals surface area contributed by atoms with E-state index in [2.05, 4.69) is 4.98 Å². The maximum Gasteiger partial charge on any atom is 0.311 e. The molecular weight excluding hydrogens is 348 g/mol. The van der Waals surface area contributed by atoms with Gasteiger partial charge in [-0.1, -0.05) is 12.8 Å². The largest absolute Gasteiger partial charge is 0.457 e. The lowest BCUT2D eigenvalue weighted by Gasteiger charge is -2.23. The summed E-state index contributed by atoms with van der Waals surface area (Å²) in [5.41, 5.74) is 1.99. The lowest BCUT2D eigenvalue weighted by atomic mass is 10.1. The van der Waals surface area contributed by atoms with E-state index in [9.17, 15) is 19.2 Å². The molecule has 1 atom stereocenters. The Morgan fingerprint density at radius 3 is 2.44 bits per heavy atom. The smallest absolute Gasteiger partial charge is 0.311 e. The predicted octanol–water partition coefficient (Wildman–Crippen LogP) is 2.35. The second-order valence-electron chi connectivity index (χ2n) is 7.60. The quantitative estimate of drug-likeness (QED) is 0.609. The Balaban J connectivity index is 1.58. The molecule has 1 aliphatic carbocycles. The molecule has 0 bridgehead atoms. The van der Waals surface area contributed by atoms with E-state index in [0.29, 0.717) is 29.1 Å². The molecule has 2 aliphatic rings. The number of ether oxygens (including phenoxy) is 1. The van der Waals surface area contributed by atoms with E-state index in [-0.39, 0.29) is 29.9 Å². The van der Waals surface area contributed by atoms with Crippen LogP contribution in [0, 0.1) is 19.8 Å². The van der Waals surface area contributed by atoms with E-state index in [0.717, 1.165) is 25.7 Å². The summed E-state index contributed by atoms with van der Waals surface area (Å²) in [4.78, 5) is 53.3. The van der Waals surface area contributed by atoms with E-state index >= 15 is 0 Å². The lowest BCUT2D eigenvalue weighted by Crippen LogP contribution is -2.35. The van der Waals surface area contributed by atoms with Crippen LogP contribution in [0.3, 0.4) is 0 Å². The van der Waals surface area contributed by atoms with Gasteiger partial charge in [0, 0.05) is 30.3 Å². The first-order chi connectivity index (χ1) is 12.8. The van der Waals surface area contributed by atoms with Crippen LogP contribution >= 0.6 is 0 Å². The fourth-order valence-electron chi connectivity index (χ4n) is 4.34. The van der Waals surface area contributed by atoms with E-state index < -0.39 is 18.5 Å². The Morgan fingerprint density at radius 1 is 1.19 bits per heavy atom. The van der Waals surface area contributed by atoms with Crippen LogP contribution in [0.1, 0.15) is 71.1 Å². The zero-order valence-electron chi connectivity index (χ0n) is 16.1. The highest BCUT2D eigenvalue weighted by molar-refractivity contribution is 6.04. The number of aryl methyl sites for hydroxylation is 1. The van der Waals surface area contributed by atoms with Crippen molar-refractivity contribution in [2.45, 2.75) is 58.9 Å². The van der Waals surface area contributed by atoms with Crippen molar-refractivity contribution in [1.29, 1.82) is 0 Å². The second kappa shape index (κ2) is 7.66. The summed E-state index contributed by atoms with van der Waals surface area (Å²) in [6, 6.07) is 0.242. The second-order valence-corrected chi connectivity index (χ2v) is 7.60. The minimum atomic E-state index is -0.509. The SMILES string of the molecule is CC(=O)c1c(C)[nH]c(C(=O)COC(=O)[C@H]2CC(=O)N(C3CCCC3)C2)c1C. The molecule has 1 saturated carbocycles. The van der Waals surface area contributed by atoms with Crippen molar-refractivity contribution in [3.05, 3.63) is 22.5 Å². The number of aromatic amines is 1. The van der Waals surface area contributed by atoms with Crippen molar-refractivity contribution in [1.82, 2.24) is 9.88 Å². The van der Waals surface area contributed by atoms with Gasteiger partial charge in [-0.2, -0.15) is 0 Å². The molecule has 27 heavy (non-hydrogen) atoms. The molecule has 1 N–H and O–H groups in total. The number of likely N-dealkylation sites (tertiary alicyclic amines) is 1. The van der Waals surface area contributed by atoms with Gasteiger partial charge in [0.25, 0.3) is 0 Å². The highest BCUT2D eigenvalue weighted by Gasteiger charge is 2.39. The Bertz CT molecular complexity index is 789. The zero-order valence-corrected chi connectivity index (χ0v) is 16.1. The summed E-state index contributed by atoms with van der Waals surface area (Å²) in [5, 5.41) is 0. The van der Waals surface area contributed by atoms with Gasteiger partial charge in [-0.25, -0.2) is 0 Å². The molecule has 146 valence electrons. The first kappa shape index (κ1) is 19.3. The number of carbonyl (C=O) groups is 4. The third-order valence-corrected chi connectivity index (χ3v) is 5.67. The van der Waals surface area contributed by atoms with Crippen LogP contribution in [0.5, 0.6) is 0 Å². The Hall–Kier alpha value is -2.44. The summed E-state index contributed by atoms with van der Waals surface area (Å²) >= 11 is 0. The Morgan fingerprint density at radius 2 is 1.85 bits per heavy atom. The van der Waals surface area contributed by atoms with Crippen molar-refractivity contribution in [3.8, 4) is 0 Å². The minimum Gasteiger partial charge on any atom is -0.457 e. The van der Waals surface area contributed by atoms with Gasteiger partial charge in [-0.15, -0.1) is 0 Å². The number of hydrogen-bond donors (Lipinski definition) is 1. The van der Waals surface area contributed by atoms with Gasteiger partial charge in [-0.3, -0.25) is 19.2 Å².